The third-order valence-corrected chi connectivity index (χ3v) is 3.90. The standard InChI is InChI=1S/C14H27NO2/c1-4-12-6-8-13(9-7-12)10-15-11(3)14(16)17-5-2/h11-13,15H,4-10H2,1-3H3. The number of rotatable bonds is 6. The van der Waals surface area contributed by atoms with Crippen molar-refractivity contribution in [3.05, 3.63) is 0 Å². The second kappa shape index (κ2) is 7.70. The Morgan fingerprint density at radius 2 is 1.82 bits per heavy atom. The van der Waals surface area contributed by atoms with E-state index in [2.05, 4.69) is 12.2 Å². The van der Waals surface area contributed by atoms with E-state index in [9.17, 15) is 4.79 Å². The Balaban J connectivity index is 2.16. The SMILES string of the molecule is CCOC(=O)C(C)NCC1CCC(CC)CC1. The Morgan fingerprint density at radius 1 is 1.24 bits per heavy atom. The fourth-order valence-electron chi connectivity index (χ4n) is 2.54. The van der Waals surface area contributed by atoms with Gasteiger partial charge < -0.3 is 10.1 Å². The van der Waals surface area contributed by atoms with Gasteiger partial charge in [0.15, 0.2) is 0 Å². The van der Waals surface area contributed by atoms with Gasteiger partial charge >= 0.3 is 5.97 Å². The van der Waals surface area contributed by atoms with E-state index in [1.165, 1.54) is 32.1 Å². The van der Waals surface area contributed by atoms with Gasteiger partial charge in [0.05, 0.1) is 6.61 Å². The van der Waals surface area contributed by atoms with Crippen LogP contribution in [0.15, 0.2) is 0 Å². The summed E-state index contributed by atoms with van der Waals surface area (Å²) >= 11 is 0. The molecule has 0 aromatic rings. The van der Waals surface area contributed by atoms with Gasteiger partial charge in [0.25, 0.3) is 0 Å². The van der Waals surface area contributed by atoms with Crippen LogP contribution in [-0.4, -0.2) is 25.2 Å². The second-order valence-electron chi connectivity index (χ2n) is 5.18. The van der Waals surface area contributed by atoms with Gasteiger partial charge in [-0.25, -0.2) is 0 Å². The number of nitrogens with one attached hydrogen (secondary N) is 1. The lowest BCUT2D eigenvalue weighted by Gasteiger charge is -2.28. The van der Waals surface area contributed by atoms with Crippen LogP contribution in [-0.2, 0) is 9.53 Å². The molecule has 0 spiro atoms. The predicted octanol–water partition coefficient (Wildman–Crippen LogP) is 2.74. The molecule has 1 aliphatic carbocycles. The third-order valence-electron chi connectivity index (χ3n) is 3.90. The van der Waals surface area contributed by atoms with Crippen LogP contribution in [0.1, 0.15) is 52.9 Å². The number of carbonyl (C=O) groups excluding carboxylic acids is 1. The summed E-state index contributed by atoms with van der Waals surface area (Å²) in [6.07, 6.45) is 6.65. The highest BCUT2D eigenvalue weighted by Gasteiger charge is 2.21. The largest absolute Gasteiger partial charge is 0.465 e. The highest BCUT2D eigenvalue weighted by molar-refractivity contribution is 5.75. The van der Waals surface area contributed by atoms with Crippen LogP contribution < -0.4 is 5.32 Å². The monoisotopic (exact) mass is 241 g/mol. The van der Waals surface area contributed by atoms with E-state index in [4.69, 9.17) is 4.74 Å². The molecule has 100 valence electrons. The van der Waals surface area contributed by atoms with Gasteiger partial charge in [-0.2, -0.15) is 0 Å². The lowest BCUT2D eigenvalue weighted by molar-refractivity contribution is -0.145. The molecule has 0 aliphatic heterocycles. The number of hydrogen-bond donors (Lipinski definition) is 1. The molecule has 0 aromatic carbocycles. The first-order valence-corrected chi connectivity index (χ1v) is 7.07. The Hall–Kier alpha value is -0.570. The molecule has 1 atom stereocenters. The number of hydrogen-bond acceptors (Lipinski definition) is 3. The molecular formula is C14H27NO2. The average molecular weight is 241 g/mol. The van der Waals surface area contributed by atoms with Gasteiger partial charge in [0.1, 0.15) is 6.04 Å². The average Bonchev–Trinajstić information content (AvgIpc) is 2.36. The molecular weight excluding hydrogens is 214 g/mol. The van der Waals surface area contributed by atoms with E-state index in [1.807, 2.05) is 13.8 Å². The molecule has 3 heteroatoms. The first kappa shape index (κ1) is 14.5. The Morgan fingerprint density at radius 3 is 2.35 bits per heavy atom. The molecule has 1 aliphatic rings. The minimum absolute atomic E-state index is 0.130. The predicted molar refractivity (Wildman–Crippen MR) is 69.8 cm³/mol. The van der Waals surface area contributed by atoms with Gasteiger partial charge in [0.2, 0.25) is 0 Å². The lowest BCUT2D eigenvalue weighted by atomic mass is 9.81. The third kappa shape index (κ3) is 5.07. The van der Waals surface area contributed by atoms with Crippen molar-refractivity contribution in [2.75, 3.05) is 13.2 Å². The molecule has 0 amide bonds. The molecule has 1 saturated carbocycles. The van der Waals surface area contributed by atoms with Crippen molar-refractivity contribution in [1.29, 1.82) is 0 Å². The molecule has 1 unspecified atom stereocenters. The molecule has 1 fully saturated rings. The number of carbonyl (C=O) groups is 1. The lowest BCUT2D eigenvalue weighted by Crippen LogP contribution is -2.39. The van der Waals surface area contributed by atoms with Gasteiger partial charge in [-0.05, 0) is 45.1 Å². The maximum atomic E-state index is 11.4. The van der Waals surface area contributed by atoms with Crippen molar-refractivity contribution in [2.24, 2.45) is 11.8 Å². The van der Waals surface area contributed by atoms with Crippen molar-refractivity contribution >= 4 is 5.97 Å². The highest BCUT2D eigenvalue weighted by atomic mass is 16.5. The highest BCUT2D eigenvalue weighted by Crippen LogP contribution is 2.30. The summed E-state index contributed by atoms with van der Waals surface area (Å²) in [6.45, 7) is 7.43. The molecule has 17 heavy (non-hydrogen) atoms. The van der Waals surface area contributed by atoms with Crippen molar-refractivity contribution in [3.8, 4) is 0 Å². The molecule has 0 aromatic heterocycles. The van der Waals surface area contributed by atoms with Crippen LogP contribution in [0, 0.1) is 11.8 Å². The summed E-state index contributed by atoms with van der Waals surface area (Å²) in [5.74, 6) is 1.55. The zero-order valence-corrected chi connectivity index (χ0v) is 11.5. The van der Waals surface area contributed by atoms with Crippen LogP contribution in [0.5, 0.6) is 0 Å². The van der Waals surface area contributed by atoms with Crippen LogP contribution in [0.3, 0.4) is 0 Å². The first-order chi connectivity index (χ1) is 8.17. The van der Waals surface area contributed by atoms with Gasteiger partial charge in [0, 0.05) is 0 Å². The topological polar surface area (TPSA) is 38.3 Å². The maximum Gasteiger partial charge on any atom is 0.322 e. The zero-order valence-electron chi connectivity index (χ0n) is 11.5. The number of ether oxygens (including phenoxy) is 1. The van der Waals surface area contributed by atoms with Crippen molar-refractivity contribution in [3.63, 3.8) is 0 Å². The van der Waals surface area contributed by atoms with Crippen LogP contribution in [0.2, 0.25) is 0 Å². The quantitative estimate of drug-likeness (QED) is 0.727. The van der Waals surface area contributed by atoms with Gasteiger partial charge in [-0.3, -0.25) is 4.79 Å². The van der Waals surface area contributed by atoms with E-state index >= 15 is 0 Å². The molecule has 0 heterocycles. The van der Waals surface area contributed by atoms with Crippen molar-refractivity contribution < 1.29 is 9.53 Å². The molecule has 0 radical (unpaired) electrons. The first-order valence-electron chi connectivity index (χ1n) is 7.07. The summed E-state index contributed by atoms with van der Waals surface area (Å²) in [7, 11) is 0. The van der Waals surface area contributed by atoms with Crippen molar-refractivity contribution in [1.82, 2.24) is 5.32 Å². The van der Waals surface area contributed by atoms with E-state index in [0.717, 1.165) is 18.4 Å². The summed E-state index contributed by atoms with van der Waals surface area (Å²) in [6, 6.07) is -0.168. The van der Waals surface area contributed by atoms with Crippen LogP contribution in [0.4, 0.5) is 0 Å². The van der Waals surface area contributed by atoms with E-state index < -0.39 is 0 Å². The fraction of sp³-hybridized carbons (Fsp3) is 0.929. The van der Waals surface area contributed by atoms with Gasteiger partial charge in [-0.1, -0.05) is 26.2 Å². The molecule has 3 nitrogen and oxygen atoms in total. The second-order valence-corrected chi connectivity index (χ2v) is 5.18. The molecule has 0 saturated heterocycles. The summed E-state index contributed by atoms with van der Waals surface area (Å²) < 4.78 is 4.98. The van der Waals surface area contributed by atoms with E-state index in [-0.39, 0.29) is 12.0 Å². The summed E-state index contributed by atoms with van der Waals surface area (Å²) in [5, 5.41) is 3.30. The Kier molecular flexibility index (Phi) is 6.56. The van der Waals surface area contributed by atoms with E-state index in [1.54, 1.807) is 0 Å². The van der Waals surface area contributed by atoms with Gasteiger partial charge in [-0.15, -0.1) is 0 Å². The summed E-state index contributed by atoms with van der Waals surface area (Å²) in [4.78, 5) is 11.4. The minimum Gasteiger partial charge on any atom is -0.465 e. The van der Waals surface area contributed by atoms with Crippen LogP contribution in [0.25, 0.3) is 0 Å². The molecule has 1 rings (SSSR count). The normalized spacial score (nSPS) is 26.5. The maximum absolute atomic E-state index is 11.4. The van der Waals surface area contributed by atoms with Crippen LogP contribution >= 0.6 is 0 Å². The zero-order chi connectivity index (χ0) is 12.7. The summed E-state index contributed by atoms with van der Waals surface area (Å²) in [5.41, 5.74) is 0. The van der Waals surface area contributed by atoms with E-state index in [0.29, 0.717) is 6.61 Å². The Labute approximate surface area is 105 Å². The fourth-order valence-corrected chi connectivity index (χ4v) is 2.54. The molecule has 1 N–H and O–H groups in total. The smallest absolute Gasteiger partial charge is 0.322 e. The van der Waals surface area contributed by atoms with Crippen molar-refractivity contribution in [2.45, 2.75) is 58.9 Å². The minimum atomic E-state index is -0.168. The number of esters is 1. The molecule has 0 bridgehead atoms. The Bertz CT molecular complexity index is 222.